The maximum absolute atomic E-state index is 10.3. The van der Waals surface area contributed by atoms with Gasteiger partial charge in [-0.3, -0.25) is 0 Å². The first-order valence-electron chi connectivity index (χ1n) is 5.31. The van der Waals surface area contributed by atoms with Crippen molar-refractivity contribution in [1.29, 1.82) is 0 Å². The minimum atomic E-state index is -0.935. The average Bonchev–Trinajstić information content (AvgIpc) is 2.63. The summed E-state index contributed by atoms with van der Waals surface area (Å²) in [5.74, 6) is -0.935. The monoisotopic (exact) mass is 251 g/mol. The van der Waals surface area contributed by atoms with Crippen LogP contribution in [-0.4, -0.2) is 29.3 Å². The smallest absolute Gasteiger partial charge is 0.329 e. The molecule has 0 radical (unpaired) electrons. The van der Waals surface area contributed by atoms with Crippen LogP contribution >= 0.6 is 11.3 Å². The number of aromatic nitrogens is 1. The number of nitrogens with zero attached hydrogens (tertiary/aromatic N) is 1. The molecule has 1 aromatic heterocycles. The maximum Gasteiger partial charge on any atom is 0.329 e. The van der Waals surface area contributed by atoms with Gasteiger partial charge in [0.05, 0.1) is 21.8 Å². The SMILES string of the molecule is Cc1nc2cc(CCOCC(=O)O)ccc2s1. The number of fused-ring (bicyclic) bond motifs is 1. The molecule has 17 heavy (non-hydrogen) atoms. The molecule has 0 unspecified atom stereocenters. The van der Waals surface area contributed by atoms with E-state index in [4.69, 9.17) is 9.84 Å². The number of hydrogen-bond acceptors (Lipinski definition) is 4. The lowest BCUT2D eigenvalue weighted by Crippen LogP contribution is -2.08. The van der Waals surface area contributed by atoms with Gasteiger partial charge in [-0.1, -0.05) is 6.07 Å². The zero-order chi connectivity index (χ0) is 12.3. The Kier molecular flexibility index (Phi) is 3.71. The van der Waals surface area contributed by atoms with E-state index in [2.05, 4.69) is 4.98 Å². The normalized spacial score (nSPS) is 10.9. The summed E-state index contributed by atoms with van der Waals surface area (Å²) in [5, 5.41) is 9.48. The molecule has 0 amide bonds. The molecular formula is C12H13NO3S. The highest BCUT2D eigenvalue weighted by molar-refractivity contribution is 7.18. The zero-order valence-corrected chi connectivity index (χ0v) is 10.3. The number of aliphatic carboxylic acids is 1. The van der Waals surface area contributed by atoms with Gasteiger partial charge in [0.15, 0.2) is 0 Å². The Morgan fingerprint density at radius 3 is 3.12 bits per heavy atom. The molecular weight excluding hydrogens is 238 g/mol. The second-order valence-corrected chi connectivity index (χ2v) is 4.97. The largest absolute Gasteiger partial charge is 0.480 e. The summed E-state index contributed by atoms with van der Waals surface area (Å²) in [6, 6.07) is 6.11. The van der Waals surface area contributed by atoms with Crippen LogP contribution in [0.25, 0.3) is 10.2 Å². The van der Waals surface area contributed by atoms with Crippen molar-refractivity contribution < 1.29 is 14.6 Å². The van der Waals surface area contributed by atoms with Crippen LogP contribution in [0.3, 0.4) is 0 Å². The molecule has 0 saturated carbocycles. The summed E-state index contributed by atoms with van der Waals surface area (Å²) in [7, 11) is 0. The van der Waals surface area contributed by atoms with Gasteiger partial charge in [-0.25, -0.2) is 9.78 Å². The fourth-order valence-corrected chi connectivity index (χ4v) is 2.40. The van der Waals surface area contributed by atoms with Crippen molar-refractivity contribution in [3.63, 3.8) is 0 Å². The molecule has 0 bridgehead atoms. The summed E-state index contributed by atoms with van der Waals surface area (Å²) in [4.78, 5) is 14.7. The summed E-state index contributed by atoms with van der Waals surface area (Å²) in [6.07, 6.45) is 0.708. The van der Waals surface area contributed by atoms with Gasteiger partial charge in [0, 0.05) is 0 Å². The molecule has 4 nitrogen and oxygen atoms in total. The van der Waals surface area contributed by atoms with E-state index in [1.807, 2.05) is 25.1 Å². The van der Waals surface area contributed by atoms with Crippen molar-refractivity contribution in [2.45, 2.75) is 13.3 Å². The summed E-state index contributed by atoms with van der Waals surface area (Å²) < 4.78 is 6.18. The van der Waals surface area contributed by atoms with Gasteiger partial charge >= 0.3 is 5.97 Å². The van der Waals surface area contributed by atoms with E-state index in [0.29, 0.717) is 13.0 Å². The first kappa shape index (κ1) is 12.0. The molecule has 0 spiro atoms. The minimum absolute atomic E-state index is 0.238. The molecule has 0 aliphatic rings. The van der Waals surface area contributed by atoms with Crippen LogP contribution in [0.4, 0.5) is 0 Å². The zero-order valence-electron chi connectivity index (χ0n) is 9.47. The van der Waals surface area contributed by atoms with E-state index < -0.39 is 5.97 Å². The lowest BCUT2D eigenvalue weighted by Gasteiger charge is -2.01. The first-order chi connectivity index (χ1) is 8.15. The van der Waals surface area contributed by atoms with Crippen LogP contribution in [0.15, 0.2) is 18.2 Å². The van der Waals surface area contributed by atoms with Crippen LogP contribution in [0.1, 0.15) is 10.6 Å². The Labute approximate surface area is 103 Å². The van der Waals surface area contributed by atoms with Crippen molar-refractivity contribution in [2.24, 2.45) is 0 Å². The Balaban J connectivity index is 1.96. The molecule has 0 atom stereocenters. The lowest BCUT2D eigenvalue weighted by molar-refractivity contribution is -0.142. The standard InChI is InChI=1S/C12H13NO3S/c1-8-13-10-6-9(2-3-11(10)17-8)4-5-16-7-12(14)15/h2-3,6H,4-5,7H2,1H3,(H,14,15). The molecule has 0 saturated heterocycles. The minimum Gasteiger partial charge on any atom is -0.480 e. The summed E-state index contributed by atoms with van der Waals surface area (Å²) in [5.41, 5.74) is 2.12. The summed E-state index contributed by atoms with van der Waals surface area (Å²) in [6.45, 7) is 2.17. The van der Waals surface area contributed by atoms with E-state index in [0.717, 1.165) is 16.1 Å². The Bertz CT molecular complexity index is 536. The Morgan fingerprint density at radius 2 is 2.35 bits per heavy atom. The van der Waals surface area contributed by atoms with Gasteiger partial charge in [-0.05, 0) is 31.0 Å². The van der Waals surface area contributed by atoms with Gasteiger partial charge in [0.2, 0.25) is 0 Å². The van der Waals surface area contributed by atoms with E-state index in [1.54, 1.807) is 11.3 Å². The third-order valence-corrected chi connectivity index (χ3v) is 3.27. The van der Waals surface area contributed by atoms with Crippen LogP contribution < -0.4 is 0 Å². The van der Waals surface area contributed by atoms with Crippen molar-refractivity contribution in [3.05, 3.63) is 28.8 Å². The number of ether oxygens (including phenoxy) is 1. The third kappa shape index (κ3) is 3.25. The van der Waals surface area contributed by atoms with E-state index in [1.165, 1.54) is 4.70 Å². The fraction of sp³-hybridized carbons (Fsp3) is 0.333. The number of benzene rings is 1. The quantitative estimate of drug-likeness (QED) is 0.828. The van der Waals surface area contributed by atoms with Crippen LogP contribution in [-0.2, 0) is 16.0 Å². The molecule has 0 aliphatic carbocycles. The molecule has 90 valence electrons. The number of rotatable bonds is 5. The van der Waals surface area contributed by atoms with Crippen molar-refractivity contribution in [1.82, 2.24) is 4.98 Å². The Hall–Kier alpha value is -1.46. The summed E-state index contributed by atoms with van der Waals surface area (Å²) >= 11 is 1.67. The van der Waals surface area contributed by atoms with Crippen molar-refractivity contribution in [2.75, 3.05) is 13.2 Å². The molecule has 0 fully saturated rings. The van der Waals surface area contributed by atoms with Gasteiger partial charge in [-0.2, -0.15) is 0 Å². The maximum atomic E-state index is 10.3. The average molecular weight is 251 g/mol. The highest BCUT2D eigenvalue weighted by Crippen LogP contribution is 2.22. The molecule has 1 aromatic carbocycles. The number of carboxylic acids is 1. The lowest BCUT2D eigenvalue weighted by atomic mass is 10.1. The van der Waals surface area contributed by atoms with Crippen molar-refractivity contribution >= 4 is 27.5 Å². The predicted molar refractivity (Wildman–Crippen MR) is 66.5 cm³/mol. The number of thiazole rings is 1. The molecule has 1 heterocycles. The van der Waals surface area contributed by atoms with Gasteiger partial charge in [0.1, 0.15) is 6.61 Å². The van der Waals surface area contributed by atoms with E-state index >= 15 is 0 Å². The van der Waals surface area contributed by atoms with Crippen molar-refractivity contribution in [3.8, 4) is 0 Å². The van der Waals surface area contributed by atoms with Gasteiger partial charge < -0.3 is 9.84 Å². The van der Waals surface area contributed by atoms with Gasteiger partial charge in [0.25, 0.3) is 0 Å². The van der Waals surface area contributed by atoms with E-state index in [9.17, 15) is 4.79 Å². The second kappa shape index (κ2) is 5.25. The first-order valence-corrected chi connectivity index (χ1v) is 6.12. The number of carbonyl (C=O) groups is 1. The van der Waals surface area contributed by atoms with Gasteiger partial charge in [-0.15, -0.1) is 11.3 Å². The number of hydrogen-bond donors (Lipinski definition) is 1. The van der Waals surface area contributed by atoms with Crippen LogP contribution in [0.2, 0.25) is 0 Å². The third-order valence-electron chi connectivity index (χ3n) is 2.32. The molecule has 2 rings (SSSR count). The molecule has 1 N–H and O–H groups in total. The second-order valence-electron chi connectivity index (χ2n) is 3.73. The molecule has 0 aliphatic heterocycles. The highest BCUT2D eigenvalue weighted by atomic mass is 32.1. The Morgan fingerprint density at radius 1 is 1.53 bits per heavy atom. The number of aryl methyl sites for hydroxylation is 1. The number of carboxylic acid groups (broad SMARTS) is 1. The fourth-order valence-electron chi connectivity index (χ4n) is 1.59. The van der Waals surface area contributed by atoms with Crippen LogP contribution in [0.5, 0.6) is 0 Å². The highest BCUT2D eigenvalue weighted by Gasteiger charge is 2.02. The predicted octanol–water partition coefficient (Wildman–Crippen LogP) is 2.25. The molecule has 2 aromatic rings. The van der Waals surface area contributed by atoms with Crippen LogP contribution in [0, 0.1) is 6.92 Å². The molecule has 5 heteroatoms. The topological polar surface area (TPSA) is 59.4 Å². The van der Waals surface area contributed by atoms with E-state index in [-0.39, 0.29) is 6.61 Å².